The Morgan fingerprint density at radius 1 is 1.12 bits per heavy atom. The molecule has 132 valence electrons. The minimum absolute atomic E-state index is 0.0814. The number of nitrogens with one attached hydrogen (secondary N) is 1. The Morgan fingerprint density at radius 2 is 1.92 bits per heavy atom. The number of hydrogen-bond donors (Lipinski definition) is 2. The molecule has 5 heteroatoms. The van der Waals surface area contributed by atoms with E-state index in [4.69, 9.17) is 0 Å². The number of halogens is 1. The number of pyridine rings is 1. The Morgan fingerprint density at radius 3 is 2.65 bits per heavy atom. The Hall–Kier alpha value is -2.66. The Bertz CT molecular complexity index is 870. The van der Waals surface area contributed by atoms with Gasteiger partial charge in [-0.25, -0.2) is 0 Å². The number of phenolic OH excluding ortho intramolecular Hbond substituents is 1. The molecule has 0 saturated heterocycles. The van der Waals surface area contributed by atoms with Gasteiger partial charge in [-0.3, -0.25) is 9.78 Å². The third kappa shape index (κ3) is 4.70. The van der Waals surface area contributed by atoms with E-state index in [0.717, 1.165) is 21.2 Å². The highest BCUT2D eigenvalue weighted by Crippen LogP contribution is 2.35. The highest BCUT2D eigenvalue weighted by Gasteiger charge is 2.21. The van der Waals surface area contributed by atoms with Crippen LogP contribution in [-0.4, -0.2) is 16.0 Å². The lowest BCUT2D eigenvalue weighted by Gasteiger charge is -2.19. The van der Waals surface area contributed by atoms with Crippen LogP contribution in [-0.2, 0) is 11.3 Å². The van der Waals surface area contributed by atoms with Gasteiger partial charge in [-0.05, 0) is 35.4 Å². The van der Waals surface area contributed by atoms with Crippen molar-refractivity contribution >= 4 is 21.8 Å². The van der Waals surface area contributed by atoms with Gasteiger partial charge in [-0.2, -0.15) is 0 Å². The first-order valence-electron chi connectivity index (χ1n) is 8.32. The lowest BCUT2D eigenvalue weighted by Crippen LogP contribution is -2.25. The number of carbonyl (C=O) groups is 1. The van der Waals surface area contributed by atoms with Crippen LogP contribution in [0.1, 0.15) is 29.0 Å². The molecule has 0 aliphatic rings. The molecule has 4 nitrogen and oxygen atoms in total. The molecule has 2 N–H and O–H groups in total. The molecule has 26 heavy (non-hydrogen) atoms. The minimum atomic E-state index is -0.234. The van der Waals surface area contributed by atoms with Crippen LogP contribution >= 0.6 is 15.9 Å². The van der Waals surface area contributed by atoms with E-state index in [1.54, 1.807) is 24.5 Å². The molecule has 3 rings (SSSR count). The summed E-state index contributed by atoms with van der Waals surface area (Å²) >= 11 is 3.45. The van der Waals surface area contributed by atoms with Gasteiger partial charge in [0, 0.05) is 41.3 Å². The second-order valence-electron chi connectivity index (χ2n) is 6.01. The summed E-state index contributed by atoms with van der Waals surface area (Å²) in [5.41, 5.74) is 2.65. The zero-order chi connectivity index (χ0) is 18.4. The van der Waals surface area contributed by atoms with Gasteiger partial charge in [0.15, 0.2) is 0 Å². The number of aromatic hydroxyl groups is 1. The molecule has 1 heterocycles. The van der Waals surface area contributed by atoms with Crippen molar-refractivity contribution in [1.82, 2.24) is 10.3 Å². The average Bonchev–Trinajstić information content (AvgIpc) is 2.68. The van der Waals surface area contributed by atoms with E-state index >= 15 is 0 Å². The maximum atomic E-state index is 12.5. The van der Waals surface area contributed by atoms with Crippen LogP contribution in [0.5, 0.6) is 5.75 Å². The summed E-state index contributed by atoms with van der Waals surface area (Å²) in [5.74, 6) is -0.133. The summed E-state index contributed by atoms with van der Waals surface area (Å²) in [7, 11) is 0. The van der Waals surface area contributed by atoms with Crippen molar-refractivity contribution < 1.29 is 9.90 Å². The third-order valence-corrected chi connectivity index (χ3v) is 4.66. The molecule has 1 aromatic heterocycles. The fourth-order valence-electron chi connectivity index (χ4n) is 2.86. The molecule has 0 unspecified atom stereocenters. The van der Waals surface area contributed by atoms with E-state index in [1.807, 2.05) is 48.5 Å². The molecule has 1 amide bonds. The summed E-state index contributed by atoms with van der Waals surface area (Å²) in [6, 6.07) is 18.8. The number of nitrogens with zero attached hydrogens (tertiary/aromatic N) is 1. The normalized spacial score (nSPS) is 11.7. The third-order valence-electron chi connectivity index (χ3n) is 4.17. The standard InChI is InChI=1S/C21H19BrN2O2/c22-17-8-9-20(25)19(11-17)18(16-6-2-1-3-7-16)12-21(26)24-14-15-5-4-10-23-13-15/h1-11,13,18,25H,12,14H2,(H,24,26)/t18-/m1/s1. The van der Waals surface area contributed by atoms with E-state index in [0.29, 0.717) is 6.54 Å². The molecule has 0 radical (unpaired) electrons. The summed E-state index contributed by atoms with van der Waals surface area (Å²) in [4.78, 5) is 16.6. The largest absolute Gasteiger partial charge is 0.508 e. The molecular weight excluding hydrogens is 392 g/mol. The first kappa shape index (κ1) is 18.1. The maximum absolute atomic E-state index is 12.5. The predicted molar refractivity (Wildman–Crippen MR) is 105 cm³/mol. The smallest absolute Gasteiger partial charge is 0.221 e. The number of phenols is 1. The second-order valence-corrected chi connectivity index (χ2v) is 6.92. The van der Waals surface area contributed by atoms with E-state index < -0.39 is 0 Å². The molecule has 0 fully saturated rings. The molecule has 3 aromatic rings. The van der Waals surface area contributed by atoms with Gasteiger partial charge in [0.1, 0.15) is 5.75 Å². The Balaban J connectivity index is 1.80. The Labute approximate surface area is 161 Å². The van der Waals surface area contributed by atoms with Gasteiger partial charge in [0.05, 0.1) is 0 Å². The minimum Gasteiger partial charge on any atom is -0.508 e. The summed E-state index contributed by atoms with van der Waals surface area (Å²) < 4.78 is 0.863. The molecule has 0 aliphatic carbocycles. The summed E-state index contributed by atoms with van der Waals surface area (Å²) in [6.07, 6.45) is 3.68. The van der Waals surface area contributed by atoms with E-state index in [-0.39, 0.29) is 24.0 Å². The first-order chi connectivity index (χ1) is 12.6. The van der Waals surface area contributed by atoms with Crippen molar-refractivity contribution in [3.8, 4) is 5.75 Å². The lowest BCUT2D eigenvalue weighted by atomic mass is 9.87. The van der Waals surface area contributed by atoms with Gasteiger partial charge in [0.25, 0.3) is 0 Å². The Kier molecular flexibility index (Phi) is 6.02. The number of aromatic nitrogens is 1. The van der Waals surface area contributed by atoms with Crippen LogP contribution in [0.2, 0.25) is 0 Å². The molecule has 0 bridgehead atoms. The summed E-state index contributed by atoms with van der Waals surface area (Å²) in [6.45, 7) is 0.429. The van der Waals surface area contributed by atoms with Crippen molar-refractivity contribution in [3.63, 3.8) is 0 Å². The van der Waals surface area contributed by atoms with Crippen LogP contribution in [0.4, 0.5) is 0 Å². The second kappa shape index (κ2) is 8.63. The maximum Gasteiger partial charge on any atom is 0.221 e. The van der Waals surface area contributed by atoms with E-state index in [1.165, 1.54) is 0 Å². The van der Waals surface area contributed by atoms with Crippen molar-refractivity contribution in [2.75, 3.05) is 0 Å². The highest BCUT2D eigenvalue weighted by atomic mass is 79.9. The van der Waals surface area contributed by atoms with Crippen LogP contribution in [0.25, 0.3) is 0 Å². The van der Waals surface area contributed by atoms with Gasteiger partial charge in [-0.1, -0.05) is 52.3 Å². The van der Waals surface area contributed by atoms with Gasteiger partial charge in [-0.15, -0.1) is 0 Å². The molecule has 1 atom stereocenters. The molecule has 0 aliphatic heterocycles. The van der Waals surface area contributed by atoms with Crippen LogP contribution in [0, 0.1) is 0 Å². The monoisotopic (exact) mass is 410 g/mol. The number of carbonyl (C=O) groups excluding carboxylic acids is 1. The number of amides is 1. The molecular formula is C21H19BrN2O2. The lowest BCUT2D eigenvalue weighted by molar-refractivity contribution is -0.121. The zero-order valence-corrected chi connectivity index (χ0v) is 15.7. The van der Waals surface area contributed by atoms with E-state index in [9.17, 15) is 9.90 Å². The fourth-order valence-corrected chi connectivity index (χ4v) is 3.24. The van der Waals surface area contributed by atoms with Crippen LogP contribution < -0.4 is 5.32 Å². The zero-order valence-electron chi connectivity index (χ0n) is 14.1. The topological polar surface area (TPSA) is 62.2 Å². The summed E-state index contributed by atoms with van der Waals surface area (Å²) in [5, 5.41) is 13.3. The van der Waals surface area contributed by atoms with Crippen molar-refractivity contribution in [1.29, 1.82) is 0 Å². The number of benzene rings is 2. The highest BCUT2D eigenvalue weighted by molar-refractivity contribution is 9.10. The predicted octanol–water partition coefficient (Wildman–Crippen LogP) is 4.39. The fraction of sp³-hybridized carbons (Fsp3) is 0.143. The molecule has 0 spiro atoms. The quantitative estimate of drug-likeness (QED) is 0.633. The van der Waals surface area contributed by atoms with Crippen molar-refractivity contribution in [2.24, 2.45) is 0 Å². The number of rotatable bonds is 6. The van der Waals surface area contributed by atoms with E-state index in [2.05, 4.69) is 26.2 Å². The number of hydrogen-bond acceptors (Lipinski definition) is 3. The average molecular weight is 411 g/mol. The first-order valence-corrected chi connectivity index (χ1v) is 9.12. The van der Waals surface area contributed by atoms with Crippen molar-refractivity contribution in [2.45, 2.75) is 18.9 Å². The van der Waals surface area contributed by atoms with Crippen molar-refractivity contribution in [3.05, 3.63) is 94.2 Å². The SMILES string of the molecule is O=C(C[C@H](c1ccccc1)c1cc(Br)ccc1O)NCc1cccnc1. The molecule has 0 saturated carbocycles. The van der Waals surface area contributed by atoms with Gasteiger partial charge < -0.3 is 10.4 Å². The van der Waals surface area contributed by atoms with Gasteiger partial charge >= 0.3 is 0 Å². The van der Waals surface area contributed by atoms with Crippen LogP contribution in [0.15, 0.2) is 77.5 Å². The van der Waals surface area contributed by atoms with Gasteiger partial charge in [0.2, 0.25) is 5.91 Å². The molecule has 2 aromatic carbocycles. The van der Waals surface area contributed by atoms with Crippen LogP contribution in [0.3, 0.4) is 0 Å².